The van der Waals surface area contributed by atoms with E-state index in [1.807, 2.05) is 0 Å². The summed E-state index contributed by atoms with van der Waals surface area (Å²) in [6.45, 7) is 0. The number of hydrogen-bond acceptors (Lipinski definition) is 6. The highest BCUT2D eigenvalue weighted by atomic mass is 32.2. The highest BCUT2D eigenvalue weighted by Gasteiger charge is 2.10. The molecule has 0 fully saturated rings. The maximum Gasteiger partial charge on any atom is 0.277 e. The normalized spacial score (nSPS) is 11.4. The van der Waals surface area contributed by atoms with Crippen LogP contribution in [0.15, 0.2) is 58.2 Å². The number of rotatable bonds is 6. The van der Waals surface area contributed by atoms with E-state index in [0.29, 0.717) is 28.1 Å². The Morgan fingerprint density at radius 3 is 2.40 bits per heavy atom. The van der Waals surface area contributed by atoms with Gasteiger partial charge in [0.2, 0.25) is 15.9 Å². The molecule has 2 aromatic carbocycles. The molecular formula is C16H14FN3O3S2. The molecular weight excluding hydrogens is 365 g/mol. The van der Waals surface area contributed by atoms with E-state index in [4.69, 9.17) is 4.42 Å². The van der Waals surface area contributed by atoms with Crippen LogP contribution in [0.25, 0.3) is 11.5 Å². The van der Waals surface area contributed by atoms with E-state index in [0.717, 1.165) is 11.8 Å². The monoisotopic (exact) mass is 379 g/mol. The Kier molecular flexibility index (Phi) is 5.05. The number of hydrogen-bond donors (Lipinski definition) is 1. The Balaban J connectivity index is 1.65. The minimum Gasteiger partial charge on any atom is -0.411 e. The summed E-state index contributed by atoms with van der Waals surface area (Å²) in [6.07, 6.45) is 1.09. The highest BCUT2D eigenvalue weighted by molar-refractivity contribution is 7.98. The van der Waals surface area contributed by atoms with Gasteiger partial charge in [-0.2, -0.15) is 0 Å². The van der Waals surface area contributed by atoms with Crippen molar-refractivity contribution in [3.8, 4) is 11.5 Å². The molecule has 0 aliphatic rings. The maximum absolute atomic E-state index is 12.9. The van der Waals surface area contributed by atoms with Crippen molar-refractivity contribution in [3.63, 3.8) is 0 Å². The first kappa shape index (κ1) is 17.4. The van der Waals surface area contributed by atoms with Crippen LogP contribution >= 0.6 is 11.8 Å². The maximum atomic E-state index is 12.9. The van der Waals surface area contributed by atoms with Gasteiger partial charge in [0.25, 0.3) is 5.22 Å². The number of halogens is 1. The summed E-state index contributed by atoms with van der Waals surface area (Å²) < 4.78 is 43.2. The fraction of sp³-hybridized carbons (Fsp3) is 0.125. The third-order valence-electron chi connectivity index (χ3n) is 3.12. The molecule has 9 heteroatoms. The Hall–Kier alpha value is -2.39. The predicted octanol–water partition coefficient (Wildman–Crippen LogP) is 3.54. The van der Waals surface area contributed by atoms with Gasteiger partial charge >= 0.3 is 0 Å². The van der Waals surface area contributed by atoms with E-state index in [2.05, 4.69) is 14.9 Å². The SMILES string of the molecule is CS(=O)(=O)Nc1ccc(-c2nnc(SCc3ccc(F)cc3)o2)cc1. The zero-order valence-electron chi connectivity index (χ0n) is 13.1. The molecule has 0 aliphatic carbocycles. The molecule has 0 saturated heterocycles. The fourth-order valence-corrected chi connectivity index (χ4v) is 3.29. The van der Waals surface area contributed by atoms with Crippen LogP contribution in [0.1, 0.15) is 5.56 Å². The Morgan fingerprint density at radius 2 is 1.76 bits per heavy atom. The molecule has 0 amide bonds. The minimum atomic E-state index is -3.32. The summed E-state index contributed by atoms with van der Waals surface area (Å²) in [6, 6.07) is 12.8. The fourth-order valence-electron chi connectivity index (χ4n) is 2.01. The van der Waals surface area contributed by atoms with Crippen molar-refractivity contribution < 1.29 is 17.2 Å². The molecule has 0 spiro atoms. The molecule has 1 heterocycles. The van der Waals surface area contributed by atoms with Crippen molar-refractivity contribution in [2.24, 2.45) is 0 Å². The van der Waals surface area contributed by atoms with E-state index < -0.39 is 10.0 Å². The predicted molar refractivity (Wildman–Crippen MR) is 94.2 cm³/mol. The van der Waals surface area contributed by atoms with Crippen molar-refractivity contribution in [2.75, 3.05) is 11.0 Å². The van der Waals surface area contributed by atoms with Crippen molar-refractivity contribution in [1.29, 1.82) is 0 Å². The quantitative estimate of drug-likeness (QED) is 0.660. The first-order valence-electron chi connectivity index (χ1n) is 7.18. The zero-order chi connectivity index (χ0) is 17.9. The average molecular weight is 379 g/mol. The van der Waals surface area contributed by atoms with Crippen LogP contribution in [-0.2, 0) is 15.8 Å². The van der Waals surface area contributed by atoms with Crippen LogP contribution in [0.2, 0.25) is 0 Å². The standard InChI is InChI=1S/C16H14FN3O3S2/c1-25(21,22)20-14-8-4-12(5-9-14)15-18-19-16(23-15)24-10-11-2-6-13(17)7-3-11/h2-9,20H,10H2,1H3. The second-order valence-corrected chi connectivity index (χ2v) is 7.91. The zero-order valence-corrected chi connectivity index (χ0v) is 14.8. The van der Waals surface area contributed by atoms with Crippen LogP contribution in [0, 0.1) is 5.82 Å². The lowest BCUT2D eigenvalue weighted by molar-refractivity contribution is 0.466. The minimum absolute atomic E-state index is 0.275. The second kappa shape index (κ2) is 7.24. The Morgan fingerprint density at radius 1 is 1.08 bits per heavy atom. The van der Waals surface area contributed by atoms with E-state index in [1.165, 1.54) is 23.9 Å². The third kappa shape index (κ3) is 5.04. The van der Waals surface area contributed by atoms with Crippen LogP contribution in [0.3, 0.4) is 0 Å². The topological polar surface area (TPSA) is 85.1 Å². The molecule has 0 aliphatic heterocycles. The number of nitrogens with zero attached hydrogens (tertiary/aromatic N) is 2. The molecule has 3 rings (SSSR count). The van der Waals surface area contributed by atoms with Crippen LogP contribution in [-0.4, -0.2) is 24.9 Å². The molecule has 130 valence electrons. The number of aromatic nitrogens is 2. The van der Waals surface area contributed by atoms with Crippen molar-refractivity contribution in [2.45, 2.75) is 11.0 Å². The van der Waals surface area contributed by atoms with Crippen LogP contribution in [0.4, 0.5) is 10.1 Å². The summed E-state index contributed by atoms with van der Waals surface area (Å²) in [5.41, 5.74) is 2.08. The van der Waals surface area contributed by atoms with Gasteiger partial charge in [0.15, 0.2) is 0 Å². The van der Waals surface area contributed by atoms with Crippen molar-refractivity contribution >= 4 is 27.5 Å². The van der Waals surface area contributed by atoms with Crippen LogP contribution < -0.4 is 4.72 Å². The first-order valence-corrected chi connectivity index (χ1v) is 10.1. The van der Waals surface area contributed by atoms with E-state index in [9.17, 15) is 12.8 Å². The van der Waals surface area contributed by atoms with Gasteiger partial charge in [0.1, 0.15) is 5.82 Å². The molecule has 0 bridgehead atoms. The number of nitrogens with one attached hydrogen (secondary N) is 1. The first-order chi connectivity index (χ1) is 11.9. The Bertz CT molecular complexity index is 955. The second-order valence-electron chi connectivity index (χ2n) is 5.24. The number of anilines is 1. The molecule has 3 aromatic rings. The lowest BCUT2D eigenvalue weighted by Gasteiger charge is -2.03. The van der Waals surface area contributed by atoms with E-state index >= 15 is 0 Å². The Labute approximate surface area is 148 Å². The molecule has 1 aromatic heterocycles. The van der Waals surface area contributed by atoms with Crippen molar-refractivity contribution in [3.05, 3.63) is 59.9 Å². The van der Waals surface area contributed by atoms with E-state index in [-0.39, 0.29) is 5.82 Å². The van der Waals surface area contributed by atoms with Crippen LogP contribution in [0.5, 0.6) is 0 Å². The summed E-state index contributed by atoms with van der Waals surface area (Å²) in [4.78, 5) is 0. The van der Waals surface area contributed by atoms with Gasteiger partial charge in [-0.15, -0.1) is 10.2 Å². The lowest BCUT2D eigenvalue weighted by Crippen LogP contribution is -2.09. The van der Waals surface area contributed by atoms with Gasteiger partial charge in [0.05, 0.1) is 6.26 Å². The van der Waals surface area contributed by atoms with Gasteiger partial charge < -0.3 is 4.42 Å². The summed E-state index contributed by atoms with van der Waals surface area (Å²) >= 11 is 1.35. The molecule has 0 atom stereocenters. The third-order valence-corrected chi connectivity index (χ3v) is 4.61. The van der Waals surface area contributed by atoms with Gasteiger partial charge in [-0.1, -0.05) is 23.9 Å². The van der Waals surface area contributed by atoms with Gasteiger partial charge in [0, 0.05) is 17.0 Å². The summed E-state index contributed by atoms with van der Waals surface area (Å²) in [7, 11) is -3.32. The largest absolute Gasteiger partial charge is 0.411 e. The molecule has 0 unspecified atom stereocenters. The summed E-state index contributed by atoms with van der Waals surface area (Å²) in [5.74, 6) is 0.647. The lowest BCUT2D eigenvalue weighted by atomic mass is 10.2. The highest BCUT2D eigenvalue weighted by Crippen LogP contribution is 2.26. The van der Waals surface area contributed by atoms with Gasteiger partial charge in [-0.05, 0) is 42.0 Å². The molecule has 0 radical (unpaired) electrons. The number of sulfonamides is 1. The number of thioether (sulfide) groups is 1. The van der Waals surface area contributed by atoms with Gasteiger partial charge in [-0.25, -0.2) is 12.8 Å². The molecule has 6 nitrogen and oxygen atoms in total. The summed E-state index contributed by atoms with van der Waals surface area (Å²) in [5, 5.41) is 8.35. The van der Waals surface area contributed by atoms with E-state index in [1.54, 1.807) is 36.4 Å². The van der Waals surface area contributed by atoms with Gasteiger partial charge in [-0.3, -0.25) is 4.72 Å². The number of benzene rings is 2. The van der Waals surface area contributed by atoms with Crippen molar-refractivity contribution in [1.82, 2.24) is 10.2 Å². The molecule has 1 N–H and O–H groups in total. The smallest absolute Gasteiger partial charge is 0.277 e. The molecule has 0 saturated carbocycles. The average Bonchev–Trinajstić information content (AvgIpc) is 3.02. The molecule has 25 heavy (non-hydrogen) atoms.